The van der Waals surface area contributed by atoms with E-state index in [1.165, 1.54) is 0 Å². The number of hydrogen-bond donors (Lipinski definition) is 3. The van der Waals surface area contributed by atoms with Crippen molar-refractivity contribution in [1.29, 1.82) is 0 Å². The minimum Gasteiger partial charge on any atom is -0.478 e. The molecule has 0 aliphatic heterocycles. The Morgan fingerprint density at radius 3 is 2.37 bits per heavy atom. The van der Waals surface area contributed by atoms with Gasteiger partial charge in [-0.3, -0.25) is 10.1 Å². The molecule has 3 N–H and O–H groups in total. The second-order valence-corrected chi connectivity index (χ2v) is 3.41. The maximum absolute atomic E-state index is 13.1. The van der Waals surface area contributed by atoms with Gasteiger partial charge < -0.3 is 5.11 Å². The van der Waals surface area contributed by atoms with Crippen LogP contribution in [-0.4, -0.2) is 32.2 Å². The van der Waals surface area contributed by atoms with Crippen molar-refractivity contribution in [2.45, 2.75) is 0 Å². The van der Waals surface area contributed by atoms with E-state index in [0.29, 0.717) is 12.1 Å². The van der Waals surface area contributed by atoms with Crippen molar-refractivity contribution < 1.29 is 23.5 Å². The molecule has 0 spiro atoms. The first kappa shape index (κ1) is 12.6. The number of carboxylic acids is 1. The summed E-state index contributed by atoms with van der Waals surface area (Å²) in [6.45, 7) is 0. The van der Waals surface area contributed by atoms with Crippen molar-refractivity contribution >= 4 is 17.8 Å². The van der Waals surface area contributed by atoms with Gasteiger partial charge in [0.05, 0.1) is 11.1 Å². The number of aromatic carboxylic acids is 1. The Kier molecular flexibility index (Phi) is 3.19. The Balaban J connectivity index is 2.40. The van der Waals surface area contributed by atoms with Crippen LogP contribution in [0.3, 0.4) is 0 Å². The molecule has 0 aliphatic rings. The molecule has 7 nitrogen and oxygen atoms in total. The third-order valence-corrected chi connectivity index (χ3v) is 2.18. The highest BCUT2D eigenvalue weighted by atomic mass is 19.2. The molecule has 0 saturated carbocycles. The van der Waals surface area contributed by atoms with Gasteiger partial charge in [0.2, 0.25) is 5.95 Å². The van der Waals surface area contributed by atoms with Gasteiger partial charge in [-0.2, -0.15) is 10.1 Å². The molecule has 1 aromatic carbocycles. The summed E-state index contributed by atoms with van der Waals surface area (Å²) >= 11 is 0. The topological polar surface area (TPSA) is 108 Å². The highest BCUT2D eigenvalue weighted by molar-refractivity contribution is 6.10. The van der Waals surface area contributed by atoms with Crippen LogP contribution in [0.2, 0.25) is 0 Å². The van der Waals surface area contributed by atoms with E-state index in [9.17, 15) is 18.4 Å². The first-order chi connectivity index (χ1) is 8.99. The number of rotatable bonds is 3. The lowest BCUT2D eigenvalue weighted by Crippen LogP contribution is -2.18. The van der Waals surface area contributed by atoms with Crippen molar-refractivity contribution in [3.63, 3.8) is 0 Å². The van der Waals surface area contributed by atoms with Crippen LogP contribution in [0.1, 0.15) is 20.7 Å². The zero-order valence-electron chi connectivity index (χ0n) is 9.15. The molecule has 1 amide bonds. The van der Waals surface area contributed by atoms with E-state index in [2.05, 4.69) is 20.5 Å². The summed E-state index contributed by atoms with van der Waals surface area (Å²) in [5.74, 6) is -5.23. The standard InChI is InChI=1S/C10H6F2N4O3/c11-6-1-4(5(9(18)19)2-7(6)12)8(17)15-10-13-3-14-16-10/h1-3H,(H,18,19)(H2,13,14,15,16,17). The summed E-state index contributed by atoms with van der Waals surface area (Å²) in [4.78, 5) is 26.2. The van der Waals surface area contributed by atoms with Crippen LogP contribution in [-0.2, 0) is 0 Å². The molecule has 0 fully saturated rings. The summed E-state index contributed by atoms with van der Waals surface area (Å²) in [7, 11) is 0. The average molecular weight is 268 g/mol. The van der Waals surface area contributed by atoms with E-state index in [-0.39, 0.29) is 5.95 Å². The van der Waals surface area contributed by atoms with Crippen molar-refractivity contribution in [3.8, 4) is 0 Å². The van der Waals surface area contributed by atoms with Gasteiger partial charge in [-0.25, -0.2) is 18.7 Å². The Hall–Kier alpha value is -2.84. The number of benzene rings is 1. The Morgan fingerprint density at radius 1 is 1.21 bits per heavy atom. The molecule has 2 rings (SSSR count). The van der Waals surface area contributed by atoms with Crippen LogP contribution in [0.4, 0.5) is 14.7 Å². The van der Waals surface area contributed by atoms with Crippen LogP contribution < -0.4 is 5.32 Å². The van der Waals surface area contributed by atoms with Gasteiger partial charge in [-0.1, -0.05) is 0 Å². The number of aromatic nitrogens is 3. The number of carbonyl (C=O) groups is 2. The highest BCUT2D eigenvalue weighted by Crippen LogP contribution is 2.16. The van der Waals surface area contributed by atoms with Gasteiger partial charge in [0.15, 0.2) is 11.6 Å². The third-order valence-electron chi connectivity index (χ3n) is 2.18. The molecule has 0 radical (unpaired) electrons. The molecule has 2 aromatic rings. The van der Waals surface area contributed by atoms with Crippen molar-refractivity contribution in [2.75, 3.05) is 5.32 Å². The van der Waals surface area contributed by atoms with Gasteiger partial charge in [0, 0.05) is 0 Å². The monoisotopic (exact) mass is 268 g/mol. The predicted octanol–water partition coefficient (Wildman–Crippen LogP) is 1.03. The lowest BCUT2D eigenvalue weighted by molar-refractivity contribution is 0.0691. The number of H-pyrrole nitrogens is 1. The fourth-order valence-corrected chi connectivity index (χ4v) is 1.35. The Bertz CT molecular complexity index is 642. The Labute approximate surface area is 104 Å². The second kappa shape index (κ2) is 4.80. The summed E-state index contributed by atoms with van der Waals surface area (Å²) in [5, 5.41) is 16.8. The summed E-state index contributed by atoms with van der Waals surface area (Å²) < 4.78 is 26.0. The minimum atomic E-state index is -1.55. The van der Waals surface area contributed by atoms with E-state index in [0.717, 1.165) is 6.33 Å². The van der Waals surface area contributed by atoms with Crippen LogP contribution in [0, 0.1) is 11.6 Å². The van der Waals surface area contributed by atoms with E-state index in [1.807, 2.05) is 0 Å². The zero-order chi connectivity index (χ0) is 14.0. The lowest BCUT2D eigenvalue weighted by atomic mass is 10.1. The van der Waals surface area contributed by atoms with Crippen molar-refractivity contribution in [3.05, 3.63) is 41.2 Å². The third kappa shape index (κ3) is 2.54. The first-order valence-electron chi connectivity index (χ1n) is 4.88. The van der Waals surface area contributed by atoms with Gasteiger partial charge >= 0.3 is 5.97 Å². The number of amides is 1. The Morgan fingerprint density at radius 2 is 1.84 bits per heavy atom. The zero-order valence-corrected chi connectivity index (χ0v) is 9.15. The van der Waals surface area contributed by atoms with Crippen molar-refractivity contribution in [1.82, 2.24) is 15.2 Å². The quantitative estimate of drug-likeness (QED) is 0.770. The first-order valence-corrected chi connectivity index (χ1v) is 4.88. The number of anilines is 1. The maximum Gasteiger partial charge on any atom is 0.336 e. The number of aromatic amines is 1. The molecule has 0 aliphatic carbocycles. The van der Waals surface area contributed by atoms with Gasteiger partial charge in [-0.05, 0) is 12.1 Å². The predicted molar refractivity (Wildman–Crippen MR) is 57.7 cm³/mol. The van der Waals surface area contributed by atoms with Crippen LogP contribution >= 0.6 is 0 Å². The number of carbonyl (C=O) groups excluding carboxylic acids is 1. The van der Waals surface area contributed by atoms with Crippen LogP contribution in [0.15, 0.2) is 18.5 Å². The van der Waals surface area contributed by atoms with Gasteiger partial charge in [0.25, 0.3) is 5.91 Å². The van der Waals surface area contributed by atoms with Gasteiger partial charge in [-0.15, -0.1) is 0 Å². The number of carboxylic acid groups (broad SMARTS) is 1. The molecule has 0 unspecified atom stereocenters. The molecular formula is C10H6F2N4O3. The van der Waals surface area contributed by atoms with Crippen molar-refractivity contribution in [2.24, 2.45) is 0 Å². The highest BCUT2D eigenvalue weighted by Gasteiger charge is 2.21. The molecule has 9 heteroatoms. The molecule has 19 heavy (non-hydrogen) atoms. The second-order valence-electron chi connectivity index (χ2n) is 3.41. The van der Waals surface area contributed by atoms with Crippen LogP contribution in [0.25, 0.3) is 0 Å². The number of halogens is 2. The lowest BCUT2D eigenvalue weighted by Gasteiger charge is -2.06. The molecule has 1 aromatic heterocycles. The van der Waals surface area contributed by atoms with E-state index < -0.39 is 34.6 Å². The number of nitrogens with zero attached hydrogens (tertiary/aromatic N) is 2. The maximum atomic E-state index is 13.1. The average Bonchev–Trinajstić information content (AvgIpc) is 2.84. The molecular weight excluding hydrogens is 262 g/mol. The molecule has 1 heterocycles. The summed E-state index contributed by atoms with van der Waals surface area (Å²) in [6, 6.07) is 0.942. The molecule has 0 bridgehead atoms. The van der Waals surface area contributed by atoms with E-state index >= 15 is 0 Å². The van der Waals surface area contributed by atoms with Crippen LogP contribution in [0.5, 0.6) is 0 Å². The van der Waals surface area contributed by atoms with E-state index in [1.54, 1.807) is 0 Å². The molecule has 0 saturated heterocycles. The molecule has 98 valence electrons. The fraction of sp³-hybridized carbons (Fsp3) is 0. The fourth-order valence-electron chi connectivity index (χ4n) is 1.35. The molecule has 0 atom stereocenters. The number of nitrogens with one attached hydrogen (secondary N) is 2. The van der Waals surface area contributed by atoms with E-state index in [4.69, 9.17) is 5.11 Å². The largest absolute Gasteiger partial charge is 0.478 e. The number of hydrogen-bond acceptors (Lipinski definition) is 4. The summed E-state index contributed by atoms with van der Waals surface area (Å²) in [5.41, 5.74) is -1.18. The minimum absolute atomic E-state index is 0.0499. The van der Waals surface area contributed by atoms with Gasteiger partial charge in [0.1, 0.15) is 6.33 Å². The normalized spacial score (nSPS) is 10.2. The SMILES string of the molecule is O=C(O)c1cc(F)c(F)cc1C(=O)Nc1ncn[nH]1. The summed E-state index contributed by atoms with van der Waals surface area (Å²) in [6.07, 6.45) is 1.11. The smallest absolute Gasteiger partial charge is 0.336 e.